The van der Waals surface area contributed by atoms with Crippen LogP contribution in [0.25, 0.3) is 0 Å². The molecule has 0 bridgehead atoms. The summed E-state index contributed by atoms with van der Waals surface area (Å²) >= 11 is 1.56. The van der Waals surface area contributed by atoms with E-state index in [0.29, 0.717) is 13.0 Å². The number of rotatable bonds is 8. The number of carbonyl (C=O) groups is 2. The molecule has 15 heavy (non-hydrogen) atoms. The molecule has 0 unspecified atom stereocenters. The monoisotopic (exact) mass is 234 g/mol. The van der Waals surface area contributed by atoms with E-state index >= 15 is 0 Å². The molecule has 0 saturated carbocycles. The third-order valence-electron chi connectivity index (χ3n) is 1.78. The maximum absolute atomic E-state index is 11.2. The molecule has 88 valence electrons. The van der Waals surface area contributed by atoms with Crippen molar-refractivity contribution < 1.29 is 14.7 Å². The fourth-order valence-corrected chi connectivity index (χ4v) is 1.45. The SMILES string of the molecule is CCNCC(=O)N[C@@H](CCSC)C(=O)O. The van der Waals surface area contributed by atoms with E-state index in [4.69, 9.17) is 5.11 Å². The van der Waals surface area contributed by atoms with E-state index in [-0.39, 0.29) is 12.5 Å². The quantitative estimate of drug-likeness (QED) is 0.547. The number of carbonyl (C=O) groups excluding carboxylic acids is 1. The molecule has 0 aromatic rings. The molecule has 0 fully saturated rings. The highest BCUT2D eigenvalue weighted by molar-refractivity contribution is 7.98. The van der Waals surface area contributed by atoms with Gasteiger partial charge in [0.25, 0.3) is 0 Å². The second kappa shape index (κ2) is 8.55. The third-order valence-corrected chi connectivity index (χ3v) is 2.42. The molecule has 0 aromatic heterocycles. The highest BCUT2D eigenvalue weighted by atomic mass is 32.2. The van der Waals surface area contributed by atoms with Crippen molar-refractivity contribution in [2.75, 3.05) is 25.1 Å². The number of nitrogens with one attached hydrogen (secondary N) is 2. The Hall–Kier alpha value is -0.750. The van der Waals surface area contributed by atoms with Crippen molar-refractivity contribution in [3.63, 3.8) is 0 Å². The highest BCUT2D eigenvalue weighted by Crippen LogP contribution is 2.00. The Morgan fingerprint density at radius 1 is 1.47 bits per heavy atom. The van der Waals surface area contributed by atoms with Gasteiger partial charge >= 0.3 is 5.97 Å². The Kier molecular flexibility index (Phi) is 8.12. The molecule has 5 nitrogen and oxygen atoms in total. The van der Waals surface area contributed by atoms with Gasteiger partial charge in [-0.1, -0.05) is 6.92 Å². The number of amides is 1. The molecule has 6 heteroatoms. The van der Waals surface area contributed by atoms with Gasteiger partial charge in [-0.05, 0) is 25.0 Å². The van der Waals surface area contributed by atoms with Gasteiger partial charge in [0.15, 0.2) is 0 Å². The van der Waals surface area contributed by atoms with E-state index in [1.807, 2.05) is 13.2 Å². The van der Waals surface area contributed by atoms with Crippen LogP contribution in [0.3, 0.4) is 0 Å². The lowest BCUT2D eigenvalue weighted by Gasteiger charge is -2.13. The minimum Gasteiger partial charge on any atom is -0.480 e. The third kappa shape index (κ3) is 7.21. The normalized spacial score (nSPS) is 12.1. The van der Waals surface area contributed by atoms with E-state index in [2.05, 4.69) is 10.6 Å². The molecule has 0 aliphatic rings. The molecule has 0 spiro atoms. The first-order valence-corrected chi connectivity index (χ1v) is 6.23. The number of carboxylic acids is 1. The smallest absolute Gasteiger partial charge is 0.326 e. The Bertz CT molecular complexity index is 212. The predicted octanol–water partition coefficient (Wildman–Crippen LogP) is -0.0816. The summed E-state index contributed by atoms with van der Waals surface area (Å²) in [7, 11) is 0. The fraction of sp³-hybridized carbons (Fsp3) is 0.778. The minimum absolute atomic E-state index is 0.166. The zero-order chi connectivity index (χ0) is 11.7. The van der Waals surface area contributed by atoms with Gasteiger partial charge < -0.3 is 15.7 Å². The second-order valence-corrected chi connectivity index (χ2v) is 4.01. The first kappa shape index (κ1) is 14.2. The number of likely N-dealkylation sites (N-methyl/N-ethyl adjacent to an activating group) is 1. The van der Waals surface area contributed by atoms with Gasteiger partial charge in [0, 0.05) is 0 Å². The molecule has 0 heterocycles. The average molecular weight is 234 g/mol. The molecule has 0 rings (SSSR count). The Morgan fingerprint density at radius 3 is 2.60 bits per heavy atom. The summed E-state index contributed by atoms with van der Waals surface area (Å²) in [5, 5.41) is 14.1. The Balaban J connectivity index is 3.93. The number of aliphatic carboxylic acids is 1. The largest absolute Gasteiger partial charge is 0.480 e. The first-order valence-electron chi connectivity index (χ1n) is 4.83. The highest BCUT2D eigenvalue weighted by Gasteiger charge is 2.18. The van der Waals surface area contributed by atoms with Crippen LogP contribution < -0.4 is 10.6 Å². The Morgan fingerprint density at radius 2 is 2.13 bits per heavy atom. The predicted molar refractivity (Wildman–Crippen MR) is 61.1 cm³/mol. The van der Waals surface area contributed by atoms with Crippen LogP contribution in [0.5, 0.6) is 0 Å². The van der Waals surface area contributed by atoms with Crippen LogP contribution in [0.2, 0.25) is 0 Å². The lowest BCUT2D eigenvalue weighted by molar-refractivity contribution is -0.141. The lowest BCUT2D eigenvalue weighted by atomic mass is 10.2. The van der Waals surface area contributed by atoms with Gasteiger partial charge in [-0.2, -0.15) is 11.8 Å². The van der Waals surface area contributed by atoms with Crippen molar-refractivity contribution in [3.05, 3.63) is 0 Å². The molecular weight excluding hydrogens is 216 g/mol. The zero-order valence-electron chi connectivity index (χ0n) is 9.08. The van der Waals surface area contributed by atoms with Crippen LogP contribution in [0, 0.1) is 0 Å². The van der Waals surface area contributed by atoms with Crippen molar-refractivity contribution in [2.45, 2.75) is 19.4 Å². The van der Waals surface area contributed by atoms with E-state index in [0.717, 1.165) is 5.75 Å². The standard InChI is InChI=1S/C9H18N2O3S/c1-3-10-6-8(12)11-7(9(13)14)4-5-15-2/h7,10H,3-6H2,1-2H3,(H,11,12)(H,13,14)/t7-/m0/s1. The first-order chi connectivity index (χ1) is 7.11. The average Bonchev–Trinajstić information content (AvgIpc) is 2.20. The molecule has 0 aliphatic heterocycles. The minimum atomic E-state index is -0.978. The van der Waals surface area contributed by atoms with Gasteiger partial charge in [-0.3, -0.25) is 4.79 Å². The van der Waals surface area contributed by atoms with E-state index < -0.39 is 12.0 Å². The van der Waals surface area contributed by atoms with E-state index in [1.54, 1.807) is 11.8 Å². The molecule has 3 N–H and O–H groups in total. The second-order valence-electron chi connectivity index (χ2n) is 3.02. The van der Waals surface area contributed by atoms with Crippen molar-refractivity contribution in [1.82, 2.24) is 10.6 Å². The molecular formula is C9H18N2O3S. The van der Waals surface area contributed by atoms with Gasteiger partial charge in [-0.25, -0.2) is 4.79 Å². The number of carboxylic acid groups (broad SMARTS) is 1. The van der Waals surface area contributed by atoms with Crippen LogP contribution in [0.4, 0.5) is 0 Å². The van der Waals surface area contributed by atoms with Crippen LogP contribution in [0.15, 0.2) is 0 Å². The summed E-state index contributed by atoms with van der Waals surface area (Å²) in [6.45, 7) is 2.74. The topological polar surface area (TPSA) is 78.4 Å². The summed E-state index contributed by atoms with van der Waals surface area (Å²) in [5.41, 5.74) is 0. The van der Waals surface area contributed by atoms with Crippen molar-refractivity contribution >= 4 is 23.6 Å². The van der Waals surface area contributed by atoms with Crippen molar-refractivity contribution in [3.8, 4) is 0 Å². The van der Waals surface area contributed by atoms with Gasteiger partial charge in [0.1, 0.15) is 6.04 Å². The molecule has 1 amide bonds. The van der Waals surface area contributed by atoms with Crippen molar-refractivity contribution in [1.29, 1.82) is 0 Å². The maximum atomic E-state index is 11.2. The summed E-state index contributed by atoms with van der Waals surface area (Å²) in [6.07, 6.45) is 2.35. The van der Waals surface area contributed by atoms with E-state index in [9.17, 15) is 9.59 Å². The summed E-state index contributed by atoms with van der Waals surface area (Å²) in [6, 6.07) is -0.774. The summed E-state index contributed by atoms with van der Waals surface area (Å²) in [5.74, 6) is -0.530. The van der Waals surface area contributed by atoms with E-state index in [1.165, 1.54) is 0 Å². The molecule has 0 radical (unpaired) electrons. The Labute approximate surface area is 94.0 Å². The molecule has 0 saturated heterocycles. The molecule has 0 aromatic carbocycles. The van der Waals surface area contributed by atoms with Gasteiger partial charge in [0.05, 0.1) is 6.54 Å². The summed E-state index contributed by atoms with van der Waals surface area (Å²) in [4.78, 5) is 22.0. The van der Waals surface area contributed by atoms with Crippen LogP contribution in [-0.2, 0) is 9.59 Å². The van der Waals surface area contributed by atoms with Gasteiger partial charge in [0.2, 0.25) is 5.91 Å². The lowest BCUT2D eigenvalue weighted by Crippen LogP contribution is -2.44. The number of hydrogen-bond acceptors (Lipinski definition) is 4. The maximum Gasteiger partial charge on any atom is 0.326 e. The van der Waals surface area contributed by atoms with Crippen LogP contribution in [-0.4, -0.2) is 48.1 Å². The fourth-order valence-electron chi connectivity index (χ4n) is 0.977. The molecule has 0 aliphatic carbocycles. The summed E-state index contributed by atoms with van der Waals surface area (Å²) < 4.78 is 0. The number of hydrogen-bond donors (Lipinski definition) is 3. The van der Waals surface area contributed by atoms with Crippen LogP contribution >= 0.6 is 11.8 Å². The van der Waals surface area contributed by atoms with Crippen molar-refractivity contribution in [2.24, 2.45) is 0 Å². The zero-order valence-corrected chi connectivity index (χ0v) is 9.89. The van der Waals surface area contributed by atoms with Gasteiger partial charge in [-0.15, -0.1) is 0 Å². The molecule has 1 atom stereocenters. The number of thioether (sulfide) groups is 1. The van der Waals surface area contributed by atoms with Crippen LogP contribution in [0.1, 0.15) is 13.3 Å².